The van der Waals surface area contributed by atoms with Crippen molar-refractivity contribution in [1.82, 2.24) is 0 Å². The fourth-order valence-corrected chi connectivity index (χ4v) is 1.78. The van der Waals surface area contributed by atoms with E-state index in [0.717, 1.165) is 12.2 Å². The molecule has 1 atom stereocenters. The Balaban J connectivity index is 2.89. The molecular formula is C16H25NO2. The summed E-state index contributed by atoms with van der Waals surface area (Å²) in [5.41, 5.74) is 2.33. The van der Waals surface area contributed by atoms with Crippen molar-refractivity contribution in [3.63, 3.8) is 0 Å². The summed E-state index contributed by atoms with van der Waals surface area (Å²) in [5.74, 6) is -0.380. The van der Waals surface area contributed by atoms with Crippen LogP contribution >= 0.6 is 0 Å². The predicted octanol–water partition coefficient (Wildman–Crippen LogP) is 3.57. The van der Waals surface area contributed by atoms with Crippen molar-refractivity contribution >= 4 is 11.7 Å². The highest BCUT2D eigenvalue weighted by Crippen LogP contribution is 2.27. The van der Waals surface area contributed by atoms with Crippen LogP contribution in [0.15, 0.2) is 24.3 Å². The Labute approximate surface area is 116 Å². The first-order valence-electron chi connectivity index (χ1n) is 6.73. The molecule has 1 unspecified atom stereocenters. The number of nitrogens with zero attached hydrogens (tertiary/aromatic N) is 1. The minimum Gasteiger partial charge on any atom is -0.480 e. The highest BCUT2D eigenvalue weighted by Gasteiger charge is 2.23. The molecule has 0 aromatic heterocycles. The zero-order valence-corrected chi connectivity index (χ0v) is 12.6. The van der Waals surface area contributed by atoms with E-state index in [1.165, 1.54) is 5.56 Å². The van der Waals surface area contributed by atoms with Crippen LogP contribution in [-0.2, 0) is 4.79 Å². The van der Waals surface area contributed by atoms with Crippen LogP contribution in [0, 0.1) is 18.3 Å². The van der Waals surface area contributed by atoms with Gasteiger partial charge in [-0.15, -0.1) is 0 Å². The van der Waals surface area contributed by atoms with Crippen LogP contribution in [0.25, 0.3) is 0 Å². The molecule has 0 heterocycles. The molecule has 0 saturated carbocycles. The minimum absolute atomic E-state index is 0.0451. The highest BCUT2D eigenvalue weighted by molar-refractivity contribution is 5.73. The van der Waals surface area contributed by atoms with Crippen molar-refractivity contribution < 1.29 is 9.90 Å². The third kappa shape index (κ3) is 4.93. The highest BCUT2D eigenvalue weighted by atomic mass is 16.4. The average molecular weight is 263 g/mol. The molecule has 1 aromatic carbocycles. The monoisotopic (exact) mass is 263 g/mol. The van der Waals surface area contributed by atoms with Gasteiger partial charge in [-0.3, -0.25) is 4.79 Å². The fourth-order valence-electron chi connectivity index (χ4n) is 1.78. The number of hydrogen-bond donors (Lipinski definition) is 1. The van der Waals surface area contributed by atoms with Gasteiger partial charge in [0.1, 0.15) is 6.54 Å². The first-order valence-corrected chi connectivity index (χ1v) is 6.73. The summed E-state index contributed by atoms with van der Waals surface area (Å²) in [7, 11) is 0. The molecule has 0 saturated heterocycles. The van der Waals surface area contributed by atoms with Gasteiger partial charge in [0.05, 0.1) is 0 Å². The van der Waals surface area contributed by atoms with Gasteiger partial charge in [-0.2, -0.15) is 0 Å². The number of carboxylic acids is 1. The summed E-state index contributed by atoms with van der Waals surface area (Å²) in [5, 5.41) is 9.07. The van der Waals surface area contributed by atoms with E-state index in [4.69, 9.17) is 5.11 Å². The van der Waals surface area contributed by atoms with E-state index < -0.39 is 5.97 Å². The summed E-state index contributed by atoms with van der Waals surface area (Å²) in [6, 6.07) is 8.03. The lowest BCUT2D eigenvalue weighted by atomic mass is 9.82. The molecular weight excluding hydrogens is 238 g/mol. The Morgan fingerprint density at radius 1 is 1.26 bits per heavy atom. The molecule has 1 rings (SSSR count). The van der Waals surface area contributed by atoms with Gasteiger partial charge in [0, 0.05) is 12.2 Å². The Hall–Kier alpha value is -1.51. The van der Waals surface area contributed by atoms with Crippen molar-refractivity contribution in [2.24, 2.45) is 11.3 Å². The lowest BCUT2D eigenvalue weighted by molar-refractivity contribution is -0.135. The number of aryl methyl sites for hydroxylation is 1. The van der Waals surface area contributed by atoms with Gasteiger partial charge < -0.3 is 10.0 Å². The van der Waals surface area contributed by atoms with Crippen molar-refractivity contribution in [3.8, 4) is 0 Å². The second-order valence-electron chi connectivity index (χ2n) is 6.38. The summed E-state index contributed by atoms with van der Waals surface area (Å²) in [6.45, 7) is 11.6. The third-order valence-corrected chi connectivity index (χ3v) is 3.70. The normalized spacial score (nSPS) is 13.1. The molecule has 1 aromatic rings. The van der Waals surface area contributed by atoms with E-state index in [2.05, 4.69) is 27.7 Å². The maximum Gasteiger partial charge on any atom is 0.323 e. The van der Waals surface area contributed by atoms with E-state index in [1.54, 1.807) is 0 Å². The Morgan fingerprint density at radius 3 is 2.21 bits per heavy atom. The SMILES string of the molecule is Cc1ccc(N(CC(=O)O)CC(C)C(C)(C)C)cc1. The number of carboxylic acid groups (broad SMARTS) is 1. The lowest BCUT2D eigenvalue weighted by Gasteiger charge is -2.33. The van der Waals surface area contributed by atoms with E-state index in [9.17, 15) is 4.79 Å². The molecule has 0 bridgehead atoms. The summed E-state index contributed by atoms with van der Waals surface area (Å²) in [4.78, 5) is 13.0. The quantitative estimate of drug-likeness (QED) is 0.883. The molecule has 19 heavy (non-hydrogen) atoms. The van der Waals surface area contributed by atoms with Crippen LogP contribution in [0.4, 0.5) is 5.69 Å². The topological polar surface area (TPSA) is 40.5 Å². The molecule has 0 radical (unpaired) electrons. The van der Waals surface area contributed by atoms with Crippen molar-refractivity contribution in [2.45, 2.75) is 34.6 Å². The van der Waals surface area contributed by atoms with Gasteiger partial charge in [-0.05, 0) is 30.4 Å². The number of carbonyl (C=O) groups is 1. The molecule has 3 nitrogen and oxygen atoms in total. The number of anilines is 1. The number of aliphatic carboxylic acids is 1. The smallest absolute Gasteiger partial charge is 0.323 e. The van der Waals surface area contributed by atoms with Gasteiger partial charge in [0.25, 0.3) is 0 Å². The van der Waals surface area contributed by atoms with E-state index in [0.29, 0.717) is 5.92 Å². The van der Waals surface area contributed by atoms with Crippen molar-refractivity contribution in [2.75, 3.05) is 18.0 Å². The molecule has 0 aliphatic heterocycles. The zero-order valence-electron chi connectivity index (χ0n) is 12.6. The number of rotatable bonds is 5. The maximum absolute atomic E-state index is 11.0. The maximum atomic E-state index is 11.0. The molecule has 3 heteroatoms. The second-order valence-corrected chi connectivity index (χ2v) is 6.38. The van der Waals surface area contributed by atoms with Gasteiger partial charge in [0.2, 0.25) is 0 Å². The molecule has 106 valence electrons. The molecule has 1 N–H and O–H groups in total. The van der Waals surface area contributed by atoms with Crippen LogP contribution in [0.2, 0.25) is 0 Å². The van der Waals surface area contributed by atoms with Crippen LogP contribution in [0.5, 0.6) is 0 Å². The number of benzene rings is 1. The minimum atomic E-state index is -0.790. The summed E-state index contributed by atoms with van der Waals surface area (Å²) >= 11 is 0. The standard InChI is InChI=1S/C16H25NO2/c1-12-6-8-14(9-7-12)17(11-15(18)19)10-13(2)16(3,4)5/h6-9,13H,10-11H2,1-5H3,(H,18,19). The largest absolute Gasteiger partial charge is 0.480 e. The average Bonchev–Trinajstić information content (AvgIpc) is 2.27. The first-order chi connectivity index (χ1) is 8.70. The lowest BCUT2D eigenvalue weighted by Crippen LogP contribution is -2.37. The van der Waals surface area contributed by atoms with Gasteiger partial charge in [0.15, 0.2) is 0 Å². The second kappa shape index (κ2) is 6.09. The molecule has 0 aliphatic carbocycles. The van der Waals surface area contributed by atoms with Crippen LogP contribution < -0.4 is 4.90 Å². The van der Waals surface area contributed by atoms with Crippen molar-refractivity contribution in [1.29, 1.82) is 0 Å². The molecule has 0 fully saturated rings. The van der Waals surface area contributed by atoms with E-state index in [-0.39, 0.29) is 12.0 Å². The fraction of sp³-hybridized carbons (Fsp3) is 0.562. The van der Waals surface area contributed by atoms with Crippen LogP contribution in [-0.4, -0.2) is 24.2 Å². The number of hydrogen-bond acceptors (Lipinski definition) is 2. The Kier molecular flexibility index (Phi) is 4.98. The zero-order chi connectivity index (χ0) is 14.6. The predicted molar refractivity (Wildman–Crippen MR) is 79.6 cm³/mol. The Bertz CT molecular complexity index is 417. The third-order valence-electron chi connectivity index (χ3n) is 3.70. The Morgan fingerprint density at radius 2 is 1.79 bits per heavy atom. The molecule has 0 spiro atoms. The van der Waals surface area contributed by atoms with Crippen molar-refractivity contribution in [3.05, 3.63) is 29.8 Å². The van der Waals surface area contributed by atoms with Gasteiger partial charge in [-0.25, -0.2) is 0 Å². The molecule has 0 amide bonds. The summed E-state index contributed by atoms with van der Waals surface area (Å²) in [6.07, 6.45) is 0. The molecule has 0 aliphatic rings. The van der Waals surface area contributed by atoms with Crippen LogP contribution in [0.1, 0.15) is 33.3 Å². The summed E-state index contributed by atoms with van der Waals surface area (Å²) < 4.78 is 0. The van der Waals surface area contributed by atoms with E-state index >= 15 is 0 Å². The van der Waals surface area contributed by atoms with Gasteiger partial charge in [-0.1, -0.05) is 45.4 Å². The van der Waals surface area contributed by atoms with Gasteiger partial charge >= 0.3 is 5.97 Å². The first kappa shape index (κ1) is 15.5. The van der Waals surface area contributed by atoms with E-state index in [1.807, 2.05) is 36.1 Å². The van der Waals surface area contributed by atoms with Crippen LogP contribution in [0.3, 0.4) is 0 Å².